The van der Waals surface area contributed by atoms with Crippen molar-refractivity contribution in [3.8, 4) is 11.5 Å². The highest BCUT2D eigenvalue weighted by Gasteiger charge is 2.36. The molecule has 0 bridgehead atoms. The van der Waals surface area contributed by atoms with E-state index in [4.69, 9.17) is 14.2 Å². The first-order valence-electron chi connectivity index (χ1n) is 12.5. The maximum atomic E-state index is 14.1. The topological polar surface area (TPSA) is 108 Å². The molecule has 4 aromatic rings. The van der Waals surface area contributed by atoms with Gasteiger partial charge in [-0.25, -0.2) is 4.68 Å². The quantitative estimate of drug-likeness (QED) is 0.369. The summed E-state index contributed by atoms with van der Waals surface area (Å²) in [6.45, 7) is 3.03. The molecule has 2 amide bonds. The van der Waals surface area contributed by atoms with Crippen molar-refractivity contribution in [3.05, 3.63) is 64.4 Å². The van der Waals surface area contributed by atoms with E-state index in [1.165, 1.54) is 16.2 Å². The monoisotopic (exact) mass is 533 g/mol. The van der Waals surface area contributed by atoms with Crippen molar-refractivity contribution in [2.75, 3.05) is 24.8 Å². The Kier molecular flexibility index (Phi) is 6.69. The summed E-state index contributed by atoms with van der Waals surface area (Å²) in [6, 6.07) is 13.8. The molecule has 196 valence electrons. The van der Waals surface area contributed by atoms with Crippen LogP contribution in [0.1, 0.15) is 29.3 Å². The van der Waals surface area contributed by atoms with Crippen LogP contribution in [0.5, 0.6) is 11.5 Å². The lowest BCUT2D eigenvalue weighted by Crippen LogP contribution is -2.46. The zero-order valence-electron chi connectivity index (χ0n) is 20.8. The maximum Gasteiger partial charge on any atom is 0.249 e. The van der Waals surface area contributed by atoms with Crippen molar-refractivity contribution in [2.45, 2.75) is 38.5 Å². The molecule has 0 aliphatic carbocycles. The predicted octanol–water partition coefficient (Wildman–Crippen LogP) is 3.60. The van der Waals surface area contributed by atoms with Gasteiger partial charge in [-0.2, -0.15) is 0 Å². The lowest BCUT2D eigenvalue weighted by molar-refractivity contribution is -0.127. The molecule has 1 N–H and O–H groups in total. The van der Waals surface area contributed by atoms with Crippen molar-refractivity contribution in [1.29, 1.82) is 0 Å². The van der Waals surface area contributed by atoms with Gasteiger partial charge >= 0.3 is 0 Å². The third-order valence-corrected chi connectivity index (χ3v) is 7.86. The molecule has 1 fully saturated rings. The number of rotatable bonds is 8. The smallest absolute Gasteiger partial charge is 0.249 e. The number of carbonyl (C=O) groups excluding carboxylic acids is 2. The molecular formula is C27H27N5O5S. The molecule has 0 spiro atoms. The number of anilines is 1. The van der Waals surface area contributed by atoms with Crippen LogP contribution >= 0.6 is 11.3 Å². The van der Waals surface area contributed by atoms with Gasteiger partial charge in [0.05, 0.1) is 11.6 Å². The van der Waals surface area contributed by atoms with E-state index in [-0.39, 0.29) is 31.3 Å². The van der Waals surface area contributed by atoms with Crippen LogP contribution < -0.4 is 19.7 Å². The number of fused-ring (bicyclic) bond motifs is 2. The number of hydrogen-bond acceptors (Lipinski definition) is 8. The number of aryl methyl sites for hydroxylation is 1. The average Bonchev–Trinajstić information content (AvgIpc) is 3.74. The number of nitrogens with zero attached hydrogens (tertiary/aromatic N) is 4. The highest BCUT2D eigenvalue weighted by Crippen LogP contribution is 2.39. The van der Waals surface area contributed by atoms with E-state index in [2.05, 4.69) is 15.6 Å². The second-order valence-corrected chi connectivity index (χ2v) is 10.2. The standard InChI is InChI=1S/C27H27N5O5S/c1-17-10-12-38-26(17)25(27(34)28-14-19-5-4-11-35-19)32(18-8-9-22-23(13-18)37-16-36-22)24(33)15-31-21-7-3-2-6-20(21)29-30-31/h2-3,6-10,12-13,19,25H,4-5,11,14-16H2,1H3,(H,28,34)/t19-,25+/m1/s1. The van der Waals surface area contributed by atoms with E-state index in [9.17, 15) is 9.59 Å². The van der Waals surface area contributed by atoms with Crippen molar-refractivity contribution in [1.82, 2.24) is 20.3 Å². The maximum absolute atomic E-state index is 14.1. The summed E-state index contributed by atoms with van der Waals surface area (Å²) in [5.74, 6) is 0.521. The van der Waals surface area contributed by atoms with Crippen molar-refractivity contribution in [3.63, 3.8) is 0 Å². The third kappa shape index (κ3) is 4.70. The van der Waals surface area contributed by atoms with Gasteiger partial charge in [-0.3, -0.25) is 14.5 Å². The molecular weight excluding hydrogens is 506 g/mol. The van der Waals surface area contributed by atoms with Crippen LogP contribution in [0.3, 0.4) is 0 Å². The molecule has 6 rings (SSSR count). The Morgan fingerprint density at radius 2 is 2.05 bits per heavy atom. The van der Waals surface area contributed by atoms with Gasteiger partial charge in [-0.15, -0.1) is 16.4 Å². The summed E-state index contributed by atoms with van der Waals surface area (Å²) < 4.78 is 18.3. The van der Waals surface area contributed by atoms with Gasteiger partial charge in [0.15, 0.2) is 17.5 Å². The summed E-state index contributed by atoms with van der Waals surface area (Å²) in [4.78, 5) is 30.3. The molecule has 2 aromatic heterocycles. The first kappa shape index (κ1) is 24.4. The van der Waals surface area contributed by atoms with Crippen LogP contribution in [0.2, 0.25) is 0 Å². The zero-order valence-corrected chi connectivity index (χ0v) is 21.6. The van der Waals surface area contributed by atoms with Crippen LogP contribution in [0.4, 0.5) is 5.69 Å². The molecule has 0 radical (unpaired) electrons. The molecule has 1 saturated heterocycles. The summed E-state index contributed by atoms with van der Waals surface area (Å²) in [6.07, 6.45) is 1.84. The molecule has 38 heavy (non-hydrogen) atoms. The van der Waals surface area contributed by atoms with Crippen LogP contribution in [-0.2, 0) is 20.9 Å². The van der Waals surface area contributed by atoms with Gasteiger partial charge in [0.2, 0.25) is 18.6 Å². The normalized spacial score (nSPS) is 17.0. The minimum absolute atomic E-state index is 0.0276. The SMILES string of the molecule is Cc1ccsc1[C@@H](C(=O)NC[C@H]1CCCO1)N(C(=O)Cn1nnc2ccccc21)c1ccc2c(c1)OCO2. The fraction of sp³-hybridized carbons (Fsp3) is 0.333. The minimum atomic E-state index is -0.904. The Morgan fingerprint density at radius 3 is 2.87 bits per heavy atom. The van der Waals surface area contributed by atoms with E-state index in [1.807, 2.05) is 42.6 Å². The Morgan fingerprint density at radius 1 is 1.18 bits per heavy atom. The molecule has 10 nitrogen and oxygen atoms in total. The lowest BCUT2D eigenvalue weighted by atomic mass is 10.1. The number of carbonyl (C=O) groups is 2. The van der Waals surface area contributed by atoms with E-state index >= 15 is 0 Å². The molecule has 4 heterocycles. The Hall–Kier alpha value is -3.96. The molecule has 2 aliphatic heterocycles. The summed E-state index contributed by atoms with van der Waals surface area (Å²) in [5.41, 5.74) is 2.87. The number of ether oxygens (including phenoxy) is 3. The zero-order chi connectivity index (χ0) is 26.1. The highest BCUT2D eigenvalue weighted by molar-refractivity contribution is 7.10. The van der Waals surface area contributed by atoms with E-state index in [0.717, 1.165) is 28.8 Å². The Labute approximate surface area is 223 Å². The number of para-hydroxylation sites is 1. The highest BCUT2D eigenvalue weighted by atomic mass is 32.1. The van der Waals surface area contributed by atoms with Crippen molar-refractivity contribution < 1.29 is 23.8 Å². The first-order chi connectivity index (χ1) is 18.6. The molecule has 0 saturated carbocycles. The second-order valence-electron chi connectivity index (χ2n) is 9.29. The summed E-state index contributed by atoms with van der Waals surface area (Å²) >= 11 is 1.44. The van der Waals surface area contributed by atoms with Gasteiger partial charge in [-0.05, 0) is 61.0 Å². The number of thiophene rings is 1. The van der Waals surface area contributed by atoms with Crippen LogP contribution in [0, 0.1) is 6.92 Å². The van der Waals surface area contributed by atoms with Crippen molar-refractivity contribution >= 4 is 39.9 Å². The number of aromatic nitrogens is 3. The first-order valence-corrected chi connectivity index (χ1v) is 13.4. The number of amides is 2. The van der Waals surface area contributed by atoms with E-state index in [1.54, 1.807) is 22.9 Å². The fourth-order valence-electron chi connectivity index (χ4n) is 4.85. The Bertz CT molecular complexity index is 1480. The van der Waals surface area contributed by atoms with Crippen LogP contribution in [-0.4, -0.2) is 52.9 Å². The van der Waals surface area contributed by atoms with Crippen LogP contribution in [0.25, 0.3) is 11.0 Å². The van der Waals surface area contributed by atoms with Gasteiger partial charge in [0.25, 0.3) is 0 Å². The van der Waals surface area contributed by atoms with E-state index in [0.29, 0.717) is 35.9 Å². The van der Waals surface area contributed by atoms with Gasteiger partial charge in [0, 0.05) is 29.8 Å². The Balaban J connectivity index is 1.39. The number of nitrogens with one attached hydrogen (secondary N) is 1. The van der Waals surface area contributed by atoms with Crippen molar-refractivity contribution in [2.24, 2.45) is 0 Å². The molecule has 11 heteroatoms. The average molecular weight is 534 g/mol. The summed E-state index contributed by atoms with van der Waals surface area (Å²) in [7, 11) is 0. The summed E-state index contributed by atoms with van der Waals surface area (Å²) in [5, 5.41) is 13.4. The van der Waals surface area contributed by atoms with E-state index < -0.39 is 6.04 Å². The molecule has 2 atom stereocenters. The fourth-order valence-corrected chi connectivity index (χ4v) is 5.86. The third-order valence-electron chi connectivity index (χ3n) is 6.79. The number of benzene rings is 2. The molecule has 2 aromatic carbocycles. The minimum Gasteiger partial charge on any atom is -0.454 e. The second kappa shape index (κ2) is 10.4. The predicted molar refractivity (Wildman–Crippen MR) is 141 cm³/mol. The number of hydrogen-bond donors (Lipinski definition) is 1. The van der Waals surface area contributed by atoms with Gasteiger partial charge in [0.1, 0.15) is 12.1 Å². The van der Waals surface area contributed by atoms with Gasteiger partial charge in [-0.1, -0.05) is 17.3 Å². The molecule has 0 unspecified atom stereocenters. The van der Waals surface area contributed by atoms with Gasteiger partial charge < -0.3 is 19.5 Å². The lowest BCUT2D eigenvalue weighted by Gasteiger charge is -2.31. The molecule has 2 aliphatic rings. The largest absolute Gasteiger partial charge is 0.454 e. The van der Waals surface area contributed by atoms with Crippen LogP contribution in [0.15, 0.2) is 53.9 Å².